The van der Waals surface area contributed by atoms with Crippen LogP contribution in [0.3, 0.4) is 0 Å². The lowest BCUT2D eigenvalue weighted by Gasteiger charge is -2.17. The minimum Gasteiger partial charge on any atom is -0.469 e. The van der Waals surface area contributed by atoms with Gasteiger partial charge < -0.3 is 14.8 Å². The van der Waals surface area contributed by atoms with Gasteiger partial charge in [0.15, 0.2) is 7.28 Å². The molecule has 0 bridgehead atoms. The molecule has 0 saturated carbocycles. The number of ether oxygens (including phenoxy) is 2. The second kappa shape index (κ2) is 11.4. The number of carbonyl (C=O) groups is 1. The predicted molar refractivity (Wildman–Crippen MR) is 128 cm³/mol. The standard InChI is InChI=1S/C26H30BNO3/c1-19(14-20-8-5-4-6-9-20)28-18-22-17-23(27-2)12-13-25(22)31-24-11-7-10-21(15-24)16-26(29)30-3/h4-13,15,17,19,27-28H,14,16,18H2,1-3H3/t19-/m0/s1. The summed E-state index contributed by atoms with van der Waals surface area (Å²) in [5, 5.41) is 3.63. The SMILES string of the molecule is CBc1ccc(Oc2cccc(CC(=O)OC)c2)c(CN[C@@H](C)Cc2ccccc2)c1. The molecule has 31 heavy (non-hydrogen) atoms. The molecule has 3 rings (SSSR count). The molecule has 0 spiro atoms. The van der Waals surface area contributed by atoms with Gasteiger partial charge in [-0.2, -0.15) is 0 Å². The van der Waals surface area contributed by atoms with E-state index in [0.717, 1.165) is 37.1 Å². The van der Waals surface area contributed by atoms with Crippen molar-refractivity contribution in [3.63, 3.8) is 0 Å². The van der Waals surface area contributed by atoms with E-state index < -0.39 is 0 Å². The van der Waals surface area contributed by atoms with Crippen molar-refractivity contribution < 1.29 is 14.3 Å². The summed E-state index contributed by atoms with van der Waals surface area (Å²) in [7, 11) is 2.37. The maximum Gasteiger partial charge on any atom is 0.309 e. The summed E-state index contributed by atoms with van der Waals surface area (Å²) in [6.07, 6.45) is 1.20. The number of esters is 1. The van der Waals surface area contributed by atoms with Crippen LogP contribution >= 0.6 is 0 Å². The summed E-state index contributed by atoms with van der Waals surface area (Å²) in [5.74, 6) is 1.28. The van der Waals surface area contributed by atoms with Crippen LogP contribution in [0.2, 0.25) is 6.82 Å². The van der Waals surface area contributed by atoms with E-state index in [1.807, 2.05) is 36.4 Å². The summed E-state index contributed by atoms with van der Waals surface area (Å²) < 4.78 is 11.0. The van der Waals surface area contributed by atoms with Crippen LogP contribution in [0, 0.1) is 0 Å². The molecule has 0 aliphatic rings. The van der Waals surface area contributed by atoms with E-state index >= 15 is 0 Å². The van der Waals surface area contributed by atoms with E-state index in [4.69, 9.17) is 9.47 Å². The Bertz CT molecular complexity index is 991. The Morgan fingerprint density at radius 2 is 1.77 bits per heavy atom. The van der Waals surface area contributed by atoms with Crippen molar-refractivity contribution in [2.45, 2.75) is 39.2 Å². The number of carbonyl (C=O) groups excluding carboxylic acids is 1. The first-order valence-corrected chi connectivity index (χ1v) is 10.8. The third-order valence-corrected chi connectivity index (χ3v) is 5.26. The number of methoxy groups -OCH3 is 1. The van der Waals surface area contributed by atoms with Gasteiger partial charge in [0.25, 0.3) is 0 Å². The van der Waals surface area contributed by atoms with Gasteiger partial charge >= 0.3 is 5.97 Å². The molecule has 0 unspecified atom stereocenters. The summed E-state index contributed by atoms with van der Waals surface area (Å²) in [5.41, 5.74) is 4.59. The molecule has 0 aliphatic heterocycles. The van der Waals surface area contributed by atoms with Crippen LogP contribution in [0.1, 0.15) is 23.6 Å². The van der Waals surface area contributed by atoms with Crippen molar-refractivity contribution in [3.8, 4) is 11.5 Å². The van der Waals surface area contributed by atoms with E-state index in [2.05, 4.69) is 55.5 Å². The zero-order valence-electron chi connectivity index (χ0n) is 18.6. The molecule has 1 atom stereocenters. The van der Waals surface area contributed by atoms with Crippen molar-refractivity contribution >= 4 is 18.7 Å². The summed E-state index contributed by atoms with van der Waals surface area (Å²) in [4.78, 5) is 11.6. The first-order chi connectivity index (χ1) is 15.1. The quantitative estimate of drug-likeness (QED) is 0.401. The average Bonchev–Trinajstić information content (AvgIpc) is 2.79. The van der Waals surface area contributed by atoms with Gasteiger partial charge in [-0.3, -0.25) is 4.79 Å². The average molecular weight is 415 g/mol. The molecule has 1 N–H and O–H groups in total. The molecule has 5 heteroatoms. The molecule has 0 fully saturated rings. The number of hydrogen-bond acceptors (Lipinski definition) is 4. The molecular weight excluding hydrogens is 385 g/mol. The van der Waals surface area contributed by atoms with Crippen molar-refractivity contribution in [1.29, 1.82) is 0 Å². The highest BCUT2D eigenvalue weighted by molar-refractivity contribution is 6.51. The molecule has 4 nitrogen and oxygen atoms in total. The fourth-order valence-electron chi connectivity index (χ4n) is 3.50. The molecular formula is C26H30BNO3. The maximum atomic E-state index is 11.6. The zero-order chi connectivity index (χ0) is 22.1. The smallest absolute Gasteiger partial charge is 0.309 e. The van der Waals surface area contributed by atoms with Gasteiger partial charge in [0.1, 0.15) is 11.5 Å². The summed E-state index contributed by atoms with van der Waals surface area (Å²) in [6.45, 7) is 5.08. The van der Waals surface area contributed by atoms with Gasteiger partial charge in [-0.1, -0.05) is 66.9 Å². The normalized spacial score (nSPS) is 11.6. The number of nitrogens with one attached hydrogen (secondary N) is 1. The third kappa shape index (κ3) is 7.00. The van der Waals surface area contributed by atoms with Gasteiger partial charge in [-0.05, 0) is 42.7 Å². The highest BCUT2D eigenvalue weighted by atomic mass is 16.5. The highest BCUT2D eigenvalue weighted by Gasteiger charge is 2.10. The Morgan fingerprint density at radius 1 is 1.00 bits per heavy atom. The molecule has 0 saturated heterocycles. The molecule has 0 aliphatic carbocycles. The minimum atomic E-state index is -0.262. The number of rotatable bonds is 10. The molecule has 3 aromatic rings. The van der Waals surface area contributed by atoms with Crippen LogP contribution in [0.4, 0.5) is 0 Å². The summed E-state index contributed by atoms with van der Waals surface area (Å²) in [6, 6.07) is 24.8. The molecule has 0 heterocycles. The number of benzene rings is 3. The highest BCUT2D eigenvalue weighted by Crippen LogP contribution is 2.26. The topological polar surface area (TPSA) is 47.6 Å². The van der Waals surface area contributed by atoms with Crippen LogP contribution < -0.4 is 15.5 Å². The van der Waals surface area contributed by atoms with Gasteiger partial charge in [0.05, 0.1) is 13.5 Å². The Labute approximate surface area is 185 Å². The molecule has 0 radical (unpaired) electrons. The predicted octanol–water partition coefficient (Wildman–Crippen LogP) is 4.03. The lowest BCUT2D eigenvalue weighted by atomic mass is 9.73. The minimum absolute atomic E-state index is 0.230. The molecule has 160 valence electrons. The summed E-state index contributed by atoms with van der Waals surface area (Å²) >= 11 is 0. The monoisotopic (exact) mass is 415 g/mol. The Hall–Kier alpha value is -3.05. The van der Waals surface area contributed by atoms with Crippen molar-refractivity contribution in [3.05, 3.63) is 89.5 Å². The van der Waals surface area contributed by atoms with Crippen molar-refractivity contribution in [2.75, 3.05) is 7.11 Å². The van der Waals surface area contributed by atoms with Crippen molar-refractivity contribution in [1.82, 2.24) is 5.32 Å². The van der Waals surface area contributed by atoms with Gasteiger partial charge in [0, 0.05) is 18.2 Å². The van der Waals surface area contributed by atoms with Crippen LogP contribution in [0.25, 0.3) is 0 Å². The lowest BCUT2D eigenvalue weighted by molar-refractivity contribution is -0.139. The van der Waals surface area contributed by atoms with Crippen LogP contribution in [0.15, 0.2) is 72.8 Å². The van der Waals surface area contributed by atoms with Crippen LogP contribution in [0.5, 0.6) is 11.5 Å². The molecule has 3 aromatic carbocycles. The fourth-order valence-corrected chi connectivity index (χ4v) is 3.50. The van der Waals surface area contributed by atoms with E-state index in [1.165, 1.54) is 18.1 Å². The van der Waals surface area contributed by atoms with Gasteiger partial charge in [-0.15, -0.1) is 0 Å². The Kier molecular flexibility index (Phi) is 8.31. The van der Waals surface area contributed by atoms with E-state index in [9.17, 15) is 4.79 Å². The third-order valence-electron chi connectivity index (χ3n) is 5.26. The van der Waals surface area contributed by atoms with E-state index in [0.29, 0.717) is 11.8 Å². The second-order valence-electron chi connectivity index (χ2n) is 7.77. The number of hydrogen-bond donors (Lipinski definition) is 1. The van der Waals surface area contributed by atoms with Crippen LogP contribution in [-0.2, 0) is 28.9 Å². The Morgan fingerprint density at radius 3 is 2.52 bits per heavy atom. The van der Waals surface area contributed by atoms with E-state index in [-0.39, 0.29) is 12.4 Å². The van der Waals surface area contributed by atoms with Crippen molar-refractivity contribution in [2.24, 2.45) is 0 Å². The zero-order valence-corrected chi connectivity index (χ0v) is 18.6. The van der Waals surface area contributed by atoms with Gasteiger partial charge in [0.2, 0.25) is 0 Å². The first-order valence-electron chi connectivity index (χ1n) is 10.8. The van der Waals surface area contributed by atoms with Gasteiger partial charge in [-0.25, -0.2) is 0 Å². The van der Waals surface area contributed by atoms with E-state index in [1.54, 1.807) is 0 Å². The second-order valence-corrected chi connectivity index (χ2v) is 7.77. The fraction of sp³-hybridized carbons (Fsp3) is 0.269. The lowest BCUT2D eigenvalue weighted by Crippen LogP contribution is -2.28. The molecule has 0 amide bonds. The Balaban J connectivity index is 1.71. The largest absolute Gasteiger partial charge is 0.469 e. The molecule has 0 aromatic heterocycles. The van der Waals surface area contributed by atoms with Crippen LogP contribution in [-0.4, -0.2) is 26.4 Å². The first kappa shape index (κ1) is 22.6. The maximum absolute atomic E-state index is 11.6.